The number of carbonyl (C=O) groups is 2. The summed E-state index contributed by atoms with van der Waals surface area (Å²) in [5.41, 5.74) is 0.949. The van der Waals surface area contributed by atoms with Crippen LogP contribution in [-0.2, 0) is 11.2 Å². The molecule has 3 N–H and O–H groups in total. The van der Waals surface area contributed by atoms with Gasteiger partial charge in [-0.15, -0.1) is 11.3 Å². The summed E-state index contributed by atoms with van der Waals surface area (Å²) in [5, 5.41) is 24.0. The molecule has 2 rings (SSSR count). The maximum atomic E-state index is 11.9. The molecule has 1 aromatic rings. The van der Waals surface area contributed by atoms with Crippen molar-refractivity contribution in [3.63, 3.8) is 0 Å². The number of amides is 2. The van der Waals surface area contributed by atoms with Gasteiger partial charge in [0.15, 0.2) is 0 Å². The highest BCUT2D eigenvalue weighted by molar-refractivity contribution is 7.09. The molecular weight excluding hydrogens is 282 g/mol. The van der Waals surface area contributed by atoms with E-state index < -0.39 is 24.1 Å². The van der Waals surface area contributed by atoms with Gasteiger partial charge in [0.2, 0.25) is 0 Å². The second-order valence-electron chi connectivity index (χ2n) is 4.76. The number of nitrogens with one attached hydrogen (secondary N) is 1. The number of hydrogen-bond donors (Lipinski definition) is 3. The van der Waals surface area contributed by atoms with Crippen molar-refractivity contribution in [3.8, 4) is 0 Å². The number of carboxylic acids is 1. The highest BCUT2D eigenvalue weighted by Crippen LogP contribution is 2.18. The zero-order valence-electron chi connectivity index (χ0n) is 11.1. The topological polar surface area (TPSA) is 103 Å². The number of aliphatic carboxylic acids is 1. The Bertz CT molecular complexity index is 505. The number of urea groups is 1. The Kier molecular flexibility index (Phi) is 4.56. The molecule has 0 saturated carbocycles. The lowest BCUT2D eigenvalue weighted by atomic mass is 10.2. The third-order valence-corrected chi connectivity index (χ3v) is 4.13. The number of nitrogens with zero attached hydrogens (tertiary/aromatic N) is 2. The van der Waals surface area contributed by atoms with Crippen molar-refractivity contribution in [3.05, 3.63) is 16.1 Å². The standard InChI is InChI=1S/C12H17N3O4S/c1-7-6-20-10(14-7)2-3-13-12(19)15-5-8(16)4-9(15)11(17)18/h6,8-9,16H,2-5H2,1H3,(H,13,19)(H,17,18)/t8-,9+/m1/s1. The van der Waals surface area contributed by atoms with Crippen molar-refractivity contribution in [1.29, 1.82) is 0 Å². The molecule has 1 fully saturated rings. The van der Waals surface area contributed by atoms with Crippen LogP contribution in [0.15, 0.2) is 5.38 Å². The van der Waals surface area contributed by atoms with Crippen LogP contribution in [0.5, 0.6) is 0 Å². The van der Waals surface area contributed by atoms with Crippen LogP contribution in [0.4, 0.5) is 4.79 Å². The maximum Gasteiger partial charge on any atom is 0.326 e. The van der Waals surface area contributed by atoms with Crippen molar-refractivity contribution in [2.75, 3.05) is 13.1 Å². The number of rotatable bonds is 4. The van der Waals surface area contributed by atoms with Crippen molar-refractivity contribution in [2.45, 2.75) is 31.9 Å². The average molecular weight is 299 g/mol. The molecule has 0 spiro atoms. The lowest BCUT2D eigenvalue weighted by Crippen LogP contribution is -2.46. The predicted octanol–water partition coefficient (Wildman–Crippen LogP) is 0.223. The van der Waals surface area contributed by atoms with Gasteiger partial charge in [-0.05, 0) is 6.92 Å². The molecule has 2 amide bonds. The molecule has 1 aromatic heterocycles. The third-order valence-electron chi connectivity index (χ3n) is 3.11. The predicted molar refractivity (Wildman–Crippen MR) is 72.7 cm³/mol. The lowest BCUT2D eigenvalue weighted by Gasteiger charge is -2.21. The van der Waals surface area contributed by atoms with Crippen molar-refractivity contribution >= 4 is 23.3 Å². The number of aliphatic hydroxyl groups excluding tert-OH is 1. The van der Waals surface area contributed by atoms with Crippen LogP contribution in [0.3, 0.4) is 0 Å². The van der Waals surface area contributed by atoms with Crippen molar-refractivity contribution < 1.29 is 19.8 Å². The minimum absolute atomic E-state index is 0.0547. The van der Waals surface area contributed by atoms with Gasteiger partial charge >= 0.3 is 12.0 Å². The van der Waals surface area contributed by atoms with E-state index in [2.05, 4.69) is 10.3 Å². The Morgan fingerprint density at radius 2 is 2.35 bits per heavy atom. The van der Waals surface area contributed by atoms with Gasteiger partial charge in [0.05, 0.1) is 11.1 Å². The Labute approximate surface area is 120 Å². The molecule has 1 saturated heterocycles. The van der Waals surface area contributed by atoms with Crippen LogP contribution in [-0.4, -0.2) is 57.3 Å². The van der Waals surface area contributed by atoms with E-state index >= 15 is 0 Å². The Morgan fingerprint density at radius 1 is 1.60 bits per heavy atom. The molecule has 1 aliphatic heterocycles. The van der Waals surface area contributed by atoms with Gasteiger partial charge in [0.25, 0.3) is 0 Å². The summed E-state index contributed by atoms with van der Waals surface area (Å²) < 4.78 is 0. The van der Waals surface area contributed by atoms with Gasteiger partial charge in [-0.2, -0.15) is 0 Å². The van der Waals surface area contributed by atoms with E-state index in [4.69, 9.17) is 5.11 Å². The van der Waals surface area contributed by atoms with Crippen LogP contribution < -0.4 is 5.32 Å². The molecule has 2 heterocycles. The molecule has 2 atom stereocenters. The van der Waals surface area contributed by atoms with E-state index in [0.717, 1.165) is 10.7 Å². The normalized spacial score (nSPS) is 22.0. The van der Waals surface area contributed by atoms with Crippen LogP contribution >= 0.6 is 11.3 Å². The highest BCUT2D eigenvalue weighted by Gasteiger charge is 2.38. The van der Waals surface area contributed by atoms with Crippen molar-refractivity contribution in [2.24, 2.45) is 0 Å². The van der Waals surface area contributed by atoms with Gasteiger partial charge in [0.1, 0.15) is 6.04 Å². The number of carboxylic acid groups (broad SMARTS) is 1. The zero-order valence-corrected chi connectivity index (χ0v) is 11.9. The summed E-state index contributed by atoms with van der Waals surface area (Å²) in [6, 6.07) is -1.41. The lowest BCUT2D eigenvalue weighted by molar-refractivity contribution is -0.141. The van der Waals surface area contributed by atoms with Crippen LogP contribution in [0.1, 0.15) is 17.1 Å². The fraction of sp³-hybridized carbons (Fsp3) is 0.583. The van der Waals surface area contributed by atoms with Crippen molar-refractivity contribution in [1.82, 2.24) is 15.2 Å². The minimum atomic E-state index is -1.09. The summed E-state index contributed by atoms with van der Waals surface area (Å²) in [6.45, 7) is 2.35. The van der Waals surface area contributed by atoms with E-state index in [0.29, 0.717) is 13.0 Å². The van der Waals surface area contributed by atoms with Gasteiger partial charge in [0, 0.05) is 37.0 Å². The highest BCUT2D eigenvalue weighted by atomic mass is 32.1. The van der Waals surface area contributed by atoms with Gasteiger partial charge in [-0.25, -0.2) is 14.6 Å². The first-order valence-electron chi connectivity index (χ1n) is 6.33. The van der Waals surface area contributed by atoms with Gasteiger partial charge < -0.3 is 20.4 Å². The van der Waals surface area contributed by atoms with E-state index in [1.807, 2.05) is 12.3 Å². The summed E-state index contributed by atoms with van der Waals surface area (Å²) in [6.07, 6.45) is -0.0873. The fourth-order valence-electron chi connectivity index (χ4n) is 2.17. The Balaban J connectivity index is 1.83. The summed E-state index contributed by atoms with van der Waals surface area (Å²) in [5.74, 6) is -1.09. The number of β-amino-alcohol motifs (C(OH)–C–C–N with tert-alkyl or cyclic N) is 1. The number of aryl methyl sites for hydroxylation is 1. The Morgan fingerprint density at radius 3 is 2.95 bits per heavy atom. The number of likely N-dealkylation sites (tertiary alicyclic amines) is 1. The molecule has 20 heavy (non-hydrogen) atoms. The molecule has 7 nitrogen and oxygen atoms in total. The fourth-order valence-corrected chi connectivity index (χ4v) is 2.94. The quantitative estimate of drug-likeness (QED) is 0.738. The molecule has 8 heteroatoms. The van der Waals surface area contributed by atoms with E-state index in [9.17, 15) is 14.7 Å². The van der Waals surface area contributed by atoms with Crippen LogP contribution in [0.25, 0.3) is 0 Å². The molecule has 0 aliphatic carbocycles. The summed E-state index contributed by atoms with van der Waals surface area (Å²) >= 11 is 1.53. The second kappa shape index (κ2) is 6.19. The first kappa shape index (κ1) is 14.7. The van der Waals surface area contributed by atoms with E-state index in [-0.39, 0.29) is 13.0 Å². The second-order valence-corrected chi connectivity index (χ2v) is 5.70. The Hall–Kier alpha value is -1.67. The van der Waals surface area contributed by atoms with Crippen LogP contribution in [0, 0.1) is 6.92 Å². The largest absolute Gasteiger partial charge is 0.480 e. The number of carbonyl (C=O) groups excluding carboxylic acids is 1. The van der Waals surface area contributed by atoms with Gasteiger partial charge in [-0.3, -0.25) is 0 Å². The molecular formula is C12H17N3O4S. The molecule has 110 valence electrons. The zero-order chi connectivity index (χ0) is 14.7. The number of aliphatic hydroxyl groups is 1. The SMILES string of the molecule is Cc1csc(CCNC(=O)N2C[C@H](O)C[C@H]2C(=O)O)n1. The molecule has 0 aromatic carbocycles. The maximum absolute atomic E-state index is 11.9. The molecule has 0 unspecified atom stereocenters. The average Bonchev–Trinajstić information content (AvgIpc) is 2.95. The smallest absolute Gasteiger partial charge is 0.326 e. The molecule has 0 radical (unpaired) electrons. The number of hydrogen-bond acceptors (Lipinski definition) is 5. The summed E-state index contributed by atoms with van der Waals surface area (Å²) in [7, 11) is 0. The van der Waals surface area contributed by atoms with Gasteiger partial charge in [-0.1, -0.05) is 0 Å². The first-order valence-corrected chi connectivity index (χ1v) is 7.21. The molecule has 1 aliphatic rings. The number of thiazole rings is 1. The number of aromatic nitrogens is 1. The minimum Gasteiger partial charge on any atom is -0.480 e. The third kappa shape index (κ3) is 3.45. The van der Waals surface area contributed by atoms with Crippen LogP contribution in [0.2, 0.25) is 0 Å². The van der Waals surface area contributed by atoms with E-state index in [1.165, 1.54) is 16.2 Å². The van der Waals surface area contributed by atoms with E-state index in [1.54, 1.807) is 0 Å². The molecule has 0 bridgehead atoms. The monoisotopic (exact) mass is 299 g/mol. The summed E-state index contributed by atoms with van der Waals surface area (Å²) in [4.78, 5) is 28.4. The first-order chi connectivity index (χ1) is 9.47.